The van der Waals surface area contributed by atoms with Crippen LogP contribution in [0.2, 0.25) is 0 Å². The molecule has 0 spiro atoms. The van der Waals surface area contributed by atoms with Crippen LogP contribution in [0.4, 0.5) is 0 Å². The zero-order valence-corrected chi connectivity index (χ0v) is 10.6. The molecule has 0 fully saturated rings. The zero-order valence-electron chi connectivity index (χ0n) is 10.6. The first-order chi connectivity index (χ1) is 7.85. The van der Waals surface area contributed by atoms with Crippen LogP contribution in [0.1, 0.15) is 39.5 Å². The van der Waals surface area contributed by atoms with E-state index in [2.05, 4.69) is 13.8 Å². The van der Waals surface area contributed by atoms with Gasteiger partial charge in [-0.25, -0.2) is 0 Å². The lowest BCUT2D eigenvalue weighted by Crippen LogP contribution is -2.25. The summed E-state index contributed by atoms with van der Waals surface area (Å²) in [6.45, 7) is 6.43. The van der Waals surface area contributed by atoms with Crippen molar-refractivity contribution in [3.8, 4) is 0 Å². The Labute approximate surface area is 98.9 Å². The van der Waals surface area contributed by atoms with E-state index in [9.17, 15) is 0 Å². The summed E-state index contributed by atoms with van der Waals surface area (Å²) in [5.41, 5.74) is 0. The Kier molecular flexibility index (Phi) is 12.8. The van der Waals surface area contributed by atoms with Crippen LogP contribution in [0.3, 0.4) is 0 Å². The van der Waals surface area contributed by atoms with Gasteiger partial charge < -0.3 is 19.3 Å². The maximum Gasteiger partial charge on any atom is 0.180 e. The lowest BCUT2D eigenvalue weighted by molar-refractivity contribution is -0.174. The van der Waals surface area contributed by atoms with Gasteiger partial charge in [0, 0.05) is 13.2 Å². The van der Waals surface area contributed by atoms with Gasteiger partial charge in [0.1, 0.15) is 0 Å². The van der Waals surface area contributed by atoms with E-state index >= 15 is 0 Å². The molecule has 0 bridgehead atoms. The third-order valence-corrected chi connectivity index (χ3v) is 2.09. The van der Waals surface area contributed by atoms with E-state index in [0.717, 1.165) is 25.7 Å². The molecule has 0 saturated carbocycles. The molecule has 4 nitrogen and oxygen atoms in total. The molecule has 4 heteroatoms. The van der Waals surface area contributed by atoms with Gasteiger partial charge in [0.05, 0.1) is 19.8 Å². The third-order valence-electron chi connectivity index (χ3n) is 2.09. The number of hydrogen-bond acceptors (Lipinski definition) is 4. The number of aliphatic hydroxyl groups excluding tert-OH is 1. The largest absolute Gasteiger partial charge is 0.394 e. The monoisotopic (exact) mass is 234 g/mol. The van der Waals surface area contributed by atoms with Gasteiger partial charge in [0.15, 0.2) is 6.29 Å². The Morgan fingerprint density at radius 2 is 1.50 bits per heavy atom. The van der Waals surface area contributed by atoms with E-state index in [4.69, 9.17) is 19.3 Å². The number of ether oxygens (including phenoxy) is 3. The highest BCUT2D eigenvalue weighted by Crippen LogP contribution is 2.01. The van der Waals surface area contributed by atoms with Crippen molar-refractivity contribution in [2.75, 3.05) is 33.0 Å². The van der Waals surface area contributed by atoms with Gasteiger partial charge in [0.25, 0.3) is 0 Å². The number of hydrogen-bond donors (Lipinski definition) is 1. The fourth-order valence-corrected chi connectivity index (χ4v) is 1.11. The van der Waals surface area contributed by atoms with Crippen LogP contribution in [0.5, 0.6) is 0 Å². The predicted octanol–water partition coefficient (Wildman–Crippen LogP) is 1.95. The minimum absolute atomic E-state index is 0.0383. The van der Waals surface area contributed by atoms with Crippen molar-refractivity contribution in [3.63, 3.8) is 0 Å². The molecule has 0 aliphatic carbocycles. The molecule has 0 aliphatic heterocycles. The summed E-state index contributed by atoms with van der Waals surface area (Å²) in [6, 6.07) is 0. The van der Waals surface area contributed by atoms with Crippen LogP contribution >= 0.6 is 0 Å². The van der Waals surface area contributed by atoms with Crippen molar-refractivity contribution in [3.05, 3.63) is 0 Å². The van der Waals surface area contributed by atoms with E-state index in [-0.39, 0.29) is 12.9 Å². The normalized spacial score (nSPS) is 11.2. The Balaban J connectivity index is 3.58. The first-order valence-electron chi connectivity index (χ1n) is 6.26. The van der Waals surface area contributed by atoms with E-state index in [1.807, 2.05) is 0 Å². The number of rotatable bonds is 12. The molecule has 1 N–H and O–H groups in total. The molecule has 0 radical (unpaired) electrons. The third kappa shape index (κ3) is 10.4. The molecule has 0 saturated heterocycles. The molecule has 0 aliphatic rings. The topological polar surface area (TPSA) is 47.9 Å². The summed E-state index contributed by atoms with van der Waals surface area (Å²) in [7, 11) is 0. The van der Waals surface area contributed by atoms with Crippen molar-refractivity contribution in [2.24, 2.45) is 0 Å². The lowest BCUT2D eigenvalue weighted by atomic mass is 10.3. The number of unbranched alkanes of at least 4 members (excludes halogenated alkanes) is 2. The first kappa shape index (κ1) is 15.8. The lowest BCUT2D eigenvalue weighted by Gasteiger charge is -2.18. The van der Waals surface area contributed by atoms with Gasteiger partial charge in [0.2, 0.25) is 0 Å². The van der Waals surface area contributed by atoms with E-state index in [1.165, 1.54) is 0 Å². The van der Waals surface area contributed by atoms with Crippen molar-refractivity contribution < 1.29 is 19.3 Å². The maximum absolute atomic E-state index is 8.60. The van der Waals surface area contributed by atoms with Gasteiger partial charge >= 0.3 is 0 Å². The molecule has 0 aromatic carbocycles. The van der Waals surface area contributed by atoms with E-state index in [1.54, 1.807) is 0 Å². The number of aliphatic hydroxyl groups is 1. The Hall–Kier alpha value is -0.160. The summed E-state index contributed by atoms with van der Waals surface area (Å²) in [6.07, 6.45) is 4.00. The molecular formula is C12H26O4. The highest BCUT2D eigenvalue weighted by Gasteiger charge is 2.08. The standard InChI is InChI=1S/C12H26O4/c1-3-5-8-15-12(11-14-10-7-13)16-9-6-4-2/h12-13H,3-11H2,1-2H3. The van der Waals surface area contributed by atoms with Gasteiger partial charge in [-0.15, -0.1) is 0 Å². The van der Waals surface area contributed by atoms with Crippen LogP contribution in [0, 0.1) is 0 Å². The van der Waals surface area contributed by atoms with Crippen molar-refractivity contribution >= 4 is 0 Å². The average molecular weight is 234 g/mol. The first-order valence-corrected chi connectivity index (χ1v) is 6.26. The molecule has 0 rings (SSSR count). The maximum atomic E-state index is 8.60. The van der Waals surface area contributed by atoms with Gasteiger partial charge in [-0.1, -0.05) is 26.7 Å². The summed E-state index contributed by atoms with van der Waals surface area (Å²) >= 11 is 0. The van der Waals surface area contributed by atoms with E-state index in [0.29, 0.717) is 26.4 Å². The minimum Gasteiger partial charge on any atom is -0.394 e. The molecular weight excluding hydrogens is 208 g/mol. The van der Waals surface area contributed by atoms with Crippen molar-refractivity contribution in [1.82, 2.24) is 0 Å². The molecule has 98 valence electrons. The summed E-state index contributed by atoms with van der Waals surface area (Å²) in [5.74, 6) is 0. The minimum atomic E-state index is -0.287. The SMILES string of the molecule is CCCCOC(COCCO)OCCCC. The van der Waals surface area contributed by atoms with Gasteiger partial charge in [-0.05, 0) is 12.8 Å². The van der Waals surface area contributed by atoms with Gasteiger partial charge in [-0.3, -0.25) is 0 Å². The fraction of sp³-hybridized carbons (Fsp3) is 1.00. The Morgan fingerprint density at radius 3 is 1.94 bits per heavy atom. The fourth-order valence-electron chi connectivity index (χ4n) is 1.11. The highest BCUT2D eigenvalue weighted by atomic mass is 16.7. The molecule has 0 heterocycles. The molecule has 0 aromatic rings. The summed E-state index contributed by atoms with van der Waals surface area (Å²) in [5, 5.41) is 8.60. The Bertz CT molecular complexity index is 106. The van der Waals surface area contributed by atoms with Crippen molar-refractivity contribution in [2.45, 2.75) is 45.8 Å². The summed E-state index contributed by atoms with van der Waals surface area (Å²) in [4.78, 5) is 0. The van der Waals surface area contributed by atoms with Crippen LogP contribution in [0.25, 0.3) is 0 Å². The van der Waals surface area contributed by atoms with Crippen LogP contribution < -0.4 is 0 Å². The second kappa shape index (κ2) is 12.9. The molecule has 0 amide bonds. The van der Waals surface area contributed by atoms with Crippen LogP contribution in [-0.2, 0) is 14.2 Å². The smallest absolute Gasteiger partial charge is 0.180 e. The quantitative estimate of drug-likeness (QED) is 0.414. The van der Waals surface area contributed by atoms with Crippen LogP contribution in [0.15, 0.2) is 0 Å². The molecule has 0 atom stereocenters. The van der Waals surface area contributed by atoms with Crippen LogP contribution in [-0.4, -0.2) is 44.4 Å². The summed E-state index contributed by atoms with van der Waals surface area (Å²) < 4.78 is 16.3. The predicted molar refractivity (Wildman–Crippen MR) is 63.4 cm³/mol. The molecule has 0 unspecified atom stereocenters. The average Bonchev–Trinajstić information content (AvgIpc) is 2.29. The van der Waals surface area contributed by atoms with E-state index < -0.39 is 0 Å². The zero-order chi connectivity index (χ0) is 12.1. The molecule has 0 aromatic heterocycles. The van der Waals surface area contributed by atoms with Crippen molar-refractivity contribution in [1.29, 1.82) is 0 Å². The second-order valence-corrected chi connectivity index (χ2v) is 3.68. The van der Waals surface area contributed by atoms with Gasteiger partial charge in [-0.2, -0.15) is 0 Å². The highest BCUT2D eigenvalue weighted by molar-refractivity contribution is 4.45. The second-order valence-electron chi connectivity index (χ2n) is 3.68. The Morgan fingerprint density at radius 1 is 0.938 bits per heavy atom. The molecule has 16 heavy (non-hydrogen) atoms.